The topological polar surface area (TPSA) is 145 Å². The third-order valence-electron chi connectivity index (χ3n) is 2.69. The van der Waals surface area contributed by atoms with E-state index >= 15 is 0 Å². The molecule has 2 N–H and O–H groups in total. The van der Waals surface area contributed by atoms with Crippen LogP contribution in [0.3, 0.4) is 0 Å². The Labute approximate surface area is 113 Å². The van der Waals surface area contributed by atoms with Gasteiger partial charge in [0.05, 0.1) is 11.3 Å². The molecule has 0 saturated carbocycles. The number of hydrogen-bond acceptors (Lipinski definition) is 4. The highest BCUT2D eigenvalue weighted by molar-refractivity contribution is 7.86. The van der Waals surface area contributed by atoms with E-state index in [4.69, 9.17) is 14.6 Å². The minimum Gasteiger partial charge on any atom is -0.361 e. The summed E-state index contributed by atoms with van der Waals surface area (Å²) in [6, 6.07) is 1.69. The summed E-state index contributed by atoms with van der Waals surface area (Å²) < 4.78 is 63.0. The maximum Gasteiger partial charge on any atom is 0.296 e. The van der Waals surface area contributed by atoms with E-state index in [1.807, 2.05) is 0 Å². The SMILES string of the molecule is [N-]=[N+]=C1C=c2c(S(=O)(=O)O)cc(S(=O)(=O)O)cc2=CC1. The van der Waals surface area contributed by atoms with Gasteiger partial charge in [0, 0.05) is 11.3 Å². The van der Waals surface area contributed by atoms with E-state index in [1.54, 1.807) is 0 Å². The molecule has 0 unspecified atom stereocenters. The normalized spacial score (nSPS) is 14.8. The smallest absolute Gasteiger partial charge is 0.296 e. The molecule has 0 amide bonds. The van der Waals surface area contributed by atoms with Crippen molar-refractivity contribution in [1.82, 2.24) is 0 Å². The quantitative estimate of drug-likeness (QED) is 0.399. The molecular formula is C10H8N2O6S2. The fraction of sp³-hybridized carbons (Fsp3) is 0.100. The van der Waals surface area contributed by atoms with Gasteiger partial charge in [0.1, 0.15) is 4.90 Å². The summed E-state index contributed by atoms with van der Waals surface area (Å²) in [6.07, 6.45) is 2.75. The number of rotatable bonds is 2. The van der Waals surface area contributed by atoms with Gasteiger partial charge < -0.3 is 5.53 Å². The van der Waals surface area contributed by atoms with Crippen LogP contribution in [0.2, 0.25) is 0 Å². The summed E-state index contributed by atoms with van der Waals surface area (Å²) in [6.45, 7) is 0. The summed E-state index contributed by atoms with van der Waals surface area (Å²) in [5, 5.41) is 0.166. The van der Waals surface area contributed by atoms with Crippen LogP contribution in [-0.2, 0) is 20.2 Å². The minimum atomic E-state index is -4.72. The molecule has 106 valence electrons. The van der Waals surface area contributed by atoms with Crippen molar-refractivity contribution in [3.63, 3.8) is 0 Å². The van der Waals surface area contributed by atoms with Gasteiger partial charge in [-0.2, -0.15) is 21.6 Å². The van der Waals surface area contributed by atoms with Gasteiger partial charge in [-0.3, -0.25) is 9.11 Å². The Morgan fingerprint density at radius 1 is 1.10 bits per heavy atom. The standard InChI is InChI=1S/C10H8N2O6S2/c11-12-7-2-1-6-3-8(19(13,14)15)5-10(9(6)4-7)20(16,17)18/h1,3-5H,2H2,(H,13,14,15)(H,16,17,18). The van der Waals surface area contributed by atoms with Crippen LogP contribution >= 0.6 is 0 Å². The molecule has 1 aliphatic carbocycles. The highest BCUT2D eigenvalue weighted by Crippen LogP contribution is 2.11. The molecule has 1 aliphatic rings. The Balaban J connectivity index is 3.04. The van der Waals surface area contributed by atoms with Crippen LogP contribution < -0.4 is 10.4 Å². The largest absolute Gasteiger partial charge is 0.361 e. The minimum absolute atomic E-state index is 0.0149. The van der Waals surface area contributed by atoms with Crippen LogP contribution in [0.5, 0.6) is 0 Å². The first-order valence-corrected chi connectivity index (χ1v) is 8.03. The Morgan fingerprint density at radius 3 is 2.25 bits per heavy atom. The van der Waals surface area contributed by atoms with Gasteiger partial charge in [-0.1, -0.05) is 6.08 Å². The van der Waals surface area contributed by atoms with Crippen molar-refractivity contribution in [3.8, 4) is 0 Å². The third-order valence-corrected chi connectivity index (χ3v) is 4.42. The van der Waals surface area contributed by atoms with Gasteiger partial charge in [0.25, 0.3) is 25.9 Å². The zero-order chi connectivity index (χ0) is 15.1. The Kier molecular flexibility index (Phi) is 3.36. The average Bonchev–Trinajstić information content (AvgIpc) is 2.34. The molecule has 1 aromatic rings. The van der Waals surface area contributed by atoms with Crippen LogP contribution in [0.15, 0.2) is 21.9 Å². The number of hydrogen-bond donors (Lipinski definition) is 2. The molecule has 0 aromatic heterocycles. The second-order valence-electron chi connectivity index (χ2n) is 4.02. The van der Waals surface area contributed by atoms with E-state index in [2.05, 4.69) is 4.79 Å². The second-order valence-corrected chi connectivity index (χ2v) is 6.83. The van der Waals surface area contributed by atoms with Crippen molar-refractivity contribution in [3.05, 3.63) is 28.1 Å². The monoisotopic (exact) mass is 316 g/mol. The highest BCUT2D eigenvalue weighted by Gasteiger charge is 2.21. The zero-order valence-corrected chi connectivity index (χ0v) is 11.4. The van der Waals surface area contributed by atoms with E-state index in [9.17, 15) is 16.8 Å². The Bertz CT molecular complexity index is 969. The lowest BCUT2D eigenvalue weighted by Crippen LogP contribution is -2.35. The Hall–Kier alpha value is -1.84. The van der Waals surface area contributed by atoms with Gasteiger partial charge in [-0.05, 0) is 17.4 Å². The summed E-state index contributed by atoms with van der Waals surface area (Å²) in [5.41, 5.74) is 8.82. The maximum atomic E-state index is 11.3. The van der Waals surface area contributed by atoms with Crippen LogP contribution in [0.1, 0.15) is 6.42 Å². The van der Waals surface area contributed by atoms with Crippen molar-refractivity contribution in [1.29, 1.82) is 0 Å². The highest BCUT2D eigenvalue weighted by atomic mass is 32.2. The molecule has 0 radical (unpaired) electrons. The summed E-state index contributed by atoms with van der Waals surface area (Å²) in [5.74, 6) is 0. The molecule has 1 aromatic carbocycles. The van der Waals surface area contributed by atoms with E-state index in [-0.39, 0.29) is 22.6 Å². The number of nitrogens with zero attached hydrogens (tertiary/aromatic N) is 2. The van der Waals surface area contributed by atoms with E-state index in [0.29, 0.717) is 6.07 Å². The molecule has 0 spiro atoms. The second kappa shape index (κ2) is 4.62. The van der Waals surface area contributed by atoms with Gasteiger partial charge in [-0.25, -0.2) is 0 Å². The lowest BCUT2D eigenvalue weighted by molar-refractivity contribution is -0.00372. The van der Waals surface area contributed by atoms with Gasteiger partial charge >= 0.3 is 0 Å². The first-order chi connectivity index (χ1) is 9.13. The summed E-state index contributed by atoms with van der Waals surface area (Å²) >= 11 is 0. The van der Waals surface area contributed by atoms with Crippen LogP contribution in [0.4, 0.5) is 0 Å². The molecule has 2 rings (SSSR count). The van der Waals surface area contributed by atoms with Crippen molar-refractivity contribution >= 4 is 38.1 Å². The van der Waals surface area contributed by atoms with Crippen molar-refractivity contribution in [2.75, 3.05) is 0 Å². The van der Waals surface area contributed by atoms with Gasteiger partial charge in [0.15, 0.2) is 0 Å². The fourth-order valence-electron chi connectivity index (χ4n) is 1.82. The summed E-state index contributed by atoms with van der Waals surface area (Å²) in [4.78, 5) is 1.58. The van der Waals surface area contributed by atoms with Gasteiger partial charge in [-0.15, -0.1) is 0 Å². The first kappa shape index (κ1) is 14.6. The van der Waals surface area contributed by atoms with Crippen LogP contribution in [0, 0.1) is 0 Å². The molecule has 0 heterocycles. The lowest BCUT2D eigenvalue weighted by atomic mass is 10.1. The third kappa shape index (κ3) is 2.69. The first-order valence-electron chi connectivity index (χ1n) is 5.15. The molecule has 0 fully saturated rings. The predicted molar refractivity (Wildman–Crippen MR) is 67.5 cm³/mol. The molecular weight excluding hydrogens is 308 g/mol. The van der Waals surface area contributed by atoms with E-state index in [0.717, 1.165) is 6.07 Å². The van der Waals surface area contributed by atoms with Crippen LogP contribution in [-0.4, -0.2) is 36.4 Å². The lowest BCUT2D eigenvalue weighted by Gasteiger charge is -2.05. The molecule has 0 saturated heterocycles. The Morgan fingerprint density at radius 2 is 1.75 bits per heavy atom. The molecule has 20 heavy (non-hydrogen) atoms. The van der Waals surface area contributed by atoms with Crippen molar-refractivity contribution in [2.45, 2.75) is 16.2 Å². The van der Waals surface area contributed by atoms with E-state index < -0.39 is 30.0 Å². The molecule has 0 aliphatic heterocycles. The van der Waals surface area contributed by atoms with Crippen molar-refractivity contribution < 1.29 is 30.7 Å². The number of fused-ring (bicyclic) bond motifs is 1. The van der Waals surface area contributed by atoms with Gasteiger partial charge in [0.2, 0.25) is 0 Å². The zero-order valence-electron chi connectivity index (χ0n) is 9.75. The predicted octanol–water partition coefficient (Wildman–Crippen LogP) is -1.18. The average molecular weight is 316 g/mol. The molecule has 8 nitrogen and oxygen atoms in total. The number of benzene rings is 1. The van der Waals surface area contributed by atoms with E-state index in [1.165, 1.54) is 12.2 Å². The van der Waals surface area contributed by atoms with Crippen LogP contribution in [0.25, 0.3) is 17.7 Å². The molecule has 0 atom stereocenters. The molecule has 0 bridgehead atoms. The molecule has 10 heteroatoms. The fourth-order valence-corrected chi connectivity index (χ4v) is 3.17. The summed E-state index contributed by atoms with van der Waals surface area (Å²) in [7, 11) is -9.35. The van der Waals surface area contributed by atoms with Crippen molar-refractivity contribution in [2.24, 2.45) is 0 Å². The maximum absolute atomic E-state index is 11.3.